The van der Waals surface area contributed by atoms with Crippen LogP contribution in [0.4, 0.5) is 0 Å². The van der Waals surface area contributed by atoms with Gasteiger partial charge < -0.3 is 19.5 Å². The lowest BCUT2D eigenvalue weighted by atomic mass is 9.87. The van der Waals surface area contributed by atoms with E-state index in [1.54, 1.807) is 6.33 Å². The van der Waals surface area contributed by atoms with E-state index in [1.807, 2.05) is 18.7 Å². The maximum absolute atomic E-state index is 5.57. The minimum absolute atomic E-state index is 0.350. The van der Waals surface area contributed by atoms with Gasteiger partial charge in [0.2, 0.25) is 0 Å². The van der Waals surface area contributed by atoms with Crippen LogP contribution in [0.2, 0.25) is 0 Å². The monoisotopic (exact) mass is 278 g/mol. The first-order valence-electron chi connectivity index (χ1n) is 7.09. The van der Waals surface area contributed by atoms with Gasteiger partial charge in [-0.15, -0.1) is 10.2 Å². The van der Waals surface area contributed by atoms with Gasteiger partial charge in [0.1, 0.15) is 6.33 Å². The molecule has 2 aliphatic heterocycles. The first-order valence-corrected chi connectivity index (χ1v) is 7.09. The Kier molecular flexibility index (Phi) is 3.60. The number of rotatable bonds is 2. The van der Waals surface area contributed by atoms with Crippen molar-refractivity contribution in [2.24, 2.45) is 17.5 Å². The summed E-state index contributed by atoms with van der Waals surface area (Å²) >= 11 is 0. The number of nitrogens with zero attached hydrogens (tertiary/aromatic N) is 5. The fraction of sp³-hybridized carbons (Fsp3) is 0.769. The second-order valence-corrected chi connectivity index (χ2v) is 5.73. The van der Waals surface area contributed by atoms with Gasteiger partial charge in [0, 0.05) is 39.2 Å². The average Bonchev–Trinajstić information content (AvgIpc) is 3.16. The van der Waals surface area contributed by atoms with Crippen molar-refractivity contribution in [1.29, 1.82) is 0 Å². The van der Waals surface area contributed by atoms with E-state index in [1.165, 1.54) is 12.8 Å². The molecule has 0 aromatic carbocycles. The second kappa shape index (κ2) is 5.40. The van der Waals surface area contributed by atoms with Gasteiger partial charge in [0.25, 0.3) is 0 Å². The van der Waals surface area contributed by atoms with Gasteiger partial charge in [-0.3, -0.25) is 4.99 Å². The SMILES string of the molecule is CN=C(NCc1nncn1C)N1CCC2(CCOC2)C1. The lowest BCUT2D eigenvalue weighted by Crippen LogP contribution is -2.41. The lowest BCUT2D eigenvalue weighted by Gasteiger charge is -2.24. The van der Waals surface area contributed by atoms with Crippen LogP contribution in [0.1, 0.15) is 18.7 Å². The van der Waals surface area contributed by atoms with Crippen LogP contribution in [-0.2, 0) is 18.3 Å². The Morgan fingerprint density at radius 3 is 3.10 bits per heavy atom. The molecule has 1 N–H and O–H groups in total. The molecule has 3 rings (SSSR count). The number of aromatic nitrogens is 3. The van der Waals surface area contributed by atoms with E-state index >= 15 is 0 Å². The zero-order chi connectivity index (χ0) is 14.0. The van der Waals surface area contributed by atoms with Gasteiger partial charge in [-0.2, -0.15) is 0 Å². The van der Waals surface area contributed by atoms with Crippen LogP contribution >= 0.6 is 0 Å². The zero-order valence-electron chi connectivity index (χ0n) is 12.2. The molecule has 2 fully saturated rings. The van der Waals surface area contributed by atoms with Crippen molar-refractivity contribution < 1.29 is 4.74 Å². The Bertz CT molecular complexity index is 491. The normalized spacial score (nSPS) is 26.7. The van der Waals surface area contributed by atoms with Gasteiger partial charge in [0.05, 0.1) is 13.2 Å². The summed E-state index contributed by atoms with van der Waals surface area (Å²) < 4.78 is 7.48. The molecule has 1 aromatic heterocycles. The summed E-state index contributed by atoms with van der Waals surface area (Å²) in [5, 5.41) is 11.3. The molecule has 2 saturated heterocycles. The van der Waals surface area contributed by atoms with Crippen LogP contribution in [0.5, 0.6) is 0 Å². The second-order valence-electron chi connectivity index (χ2n) is 5.73. The first kappa shape index (κ1) is 13.4. The molecule has 0 aliphatic carbocycles. The highest BCUT2D eigenvalue weighted by Gasteiger charge is 2.42. The van der Waals surface area contributed by atoms with Gasteiger partial charge in [-0.05, 0) is 12.8 Å². The molecule has 1 atom stereocenters. The maximum Gasteiger partial charge on any atom is 0.194 e. The highest BCUT2D eigenvalue weighted by molar-refractivity contribution is 5.80. The minimum Gasteiger partial charge on any atom is -0.381 e. The van der Waals surface area contributed by atoms with Crippen LogP contribution < -0.4 is 5.32 Å². The number of guanidine groups is 1. The summed E-state index contributed by atoms with van der Waals surface area (Å²) in [5.74, 6) is 1.85. The third kappa shape index (κ3) is 2.49. The molecule has 1 aromatic rings. The van der Waals surface area contributed by atoms with Crippen molar-refractivity contribution >= 4 is 5.96 Å². The molecule has 0 amide bonds. The molecular formula is C13H22N6O. The number of hydrogen-bond acceptors (Lipinski definition) is 4. The van der Waals surface area contributed by atoms with Crippen molar-refractivity contribution in [1.82, 2.24) is 25.0 Å². The highest BCUT2D eigenvalue weighted by atomic mass is 16.5. The average molecular weight is 278 g/mol. The van der Waals surface area contributed by atoms with Crippen molar-refractivity contribution in [3.63, 3.8) is 0 Å². The smallest absolute Gasteiger partial charge is 0.194 e. The summed E-state index contributed by atoms with van der Waals surface area (Å²) in [4.78, 5) is 6.71. The number of nitrogens with one attached hydrogen (secondary N) is 1. The summed E-state index contributed by atoms with van der Waals surface area (Å²) in [7, 11) is 3.77. The highest BCUT2D eigenvalue weighted by Crippen LogP contribution is 2.38. The number of aliphatic imine (C=N–C) groups is 1. The van der Waals surface area contributed by atoms with Gasteiger partial charge >= 0.3 is 0 Å². The predicted molar refractivity (Wildman–Crippen MR) is 75.3 cm³/mol. The van der Waals surface area contributed by atoms with E-state index in [4.69, 9.17) is 4.74 Å². The van der Waals surface area contributed by atoms with Crippen LogP contribution in [0, 0.1) is 5.41 Å². The minimum atomic E-state index is 0.350. The topological polar surface area (TPSA) is 67.6 Å². The summed E-state index contributed by atoms with van der Waals surface area (Å²) in [5.41, 5.74) is 0.350. The molecule has 0 bridgehead atoms. The summed E-state index contributed by atoms with van der Waals surface area (Å²) in [6, 6.07) is 0. The molecule has 0 saturated carbocycles. The van der Waals surface area contributed by atoms with Crippen LogP contribution in [-0.4, -0.2) is 59.0 Å². The fourth-order valence-corrected chi connectivity index (χ4v) is 3.04. The molecule has 1 spiro atoms. The molecule has 7 nitrogen and oxygen atoms in total. The van der Waals surface area contributed by atoms with Crippen LogP contribution in [0.15, 0.2) is 11.3 Å². The Balaban J connectivity index is 1.59. The largest absolute Gasteiger partial charge is 0.381 e. The molecular weight excluding hydrogens is 256 g/mol. The number of aryl methyl sites for hydroxylation is 1. The van der Waals surface area contributed by atoms with Crippen LogP contribution in [0.25, 0.3) is 0 Å². The van der Waals surface area contributed by atoms with Crippen molar-refractivity contribution in [3.8, 4) is 0 Å². The lowest BCUT2D eigenvalue weighted by molar-refractivity contribution is 0.156. The van der Waals surface area contributed by atoms with Gasteiger partial charge in [-0.1, -0.05) is 0 Å². The Labute approximate surface area is 119 Å². The van der Waals surface area contributed by atoms with E-state index in [-0.39, 0.29) is 0 Å². The molecule has 0 radical (unpaired) electrons. The fourth-order valence-electron chi connectivity index (χ4n) is 3.04. The van der Waals surface area contributed by atoms with Gasteiger partial charge in [-0.25, -0.2) is 0 Å². The predicted octanol–water partition coefficient (Wildman–Crippen LogP) is 0.00290. The van der Waals surface area contributed by atoms with Crippen molar-refractivity contribution in [2.75, 3.05) is 33.4 Å². The Morgan fingerprint density at radius 1 is 1.55 bits per heavy atom. The quantitative estimate of drug-likeness (QED) is 0.609. The molecule has 110 valence electrons. The first-order chi connectivity index (χ1) is 9.72. The third-order valence-corrected chi connectivity index (χ3v) is 4.34. The van der Waals surface area contributed by atoms with E-state index in [2.05, 4.69) is 25.4 Å². The third-order valence-electron chi connectivity index (χ3n) is 4.34. The molecule has 7 heteroatoms. The van der Waals surface area contributed by atoms with E-state index < -0.39 is 0 Å². The maximum atomic E-state index is 5.57. The van der Waals surface area contributed by atoms with Crippen LogP contribution in [0.3, 0.4) is 0 Å². The van der Waals surface area contributed by atoms with E-state index in [0.29, 0.717) is 12.0 Å². The van der Waals surface area contributed by atoms with Crippen molar-refractivity contribution in [3.05, 3.63) is 12.2 Å². The zero-order valence-corrected chi connectivity index (χ0v) is 12.2. The molecule has 3 heterocycles. The number of likely N-dealkylation sites (tertiary alicyclic amines) is 1. The molecule has 2 aliphatic rings. The summed E-state index contributed by atoms with van der Waals surface area (Å²) in [6.07, 6.45) is 4.07. The molecule has 1 unspecified atom stereocenters. The Hall–Kier alpha value is -1.63. The van der Waals surface area contributed by atoms with Gasteiger partial charge in [0.15, 0.2) is 11.8 Å². The summed E-state index contributed by atoms with van der Waals surface area (Å²) in [6.45, 7) is 4.51. The van der Waals surface area contributed by atoms with E-state index in [9.17, 15) is 0 Å². The number of ether oxygens (including phenoxy) is 1. The van der Waals surface area contributed by atoms with Crippen molar-refractivity contribution in [2.45, 2.75) is 19.4 Å². The molecule has 20 heavy (non-hydrogen) atoms. The standard InChI is InChI=1S/C13H22N6O/c1-14-12(15-7-11-17-16-10-18(11)2)19-5-3-13(8-19)4-6-20-9-13/h10H,3-9H2,1-2H3,(H,14,15). The number of hydrogen-bond donors (Lipinski definition) is 1. The van der Waals surface area contributed by atoms with E-state index in [0.717, 1.165) is 38.1 Å². The Morgan fingerprint density at radius 2 is 2.45 bits per heavy atom.